The molecule has 170 valence electrons. The number of fused-ring (bicyclic) bond motifs is 1. The lowest BCUT2D eigenvalue weighted by atomic mass is 9.87. The number of amides is 1. The number of aliphatic carboxylic acids is 1. The average molecular weight is 449 g/mol. The minimum atomic E-state index is -0.980. The summed E-state index contributed by atoms with van der Waals surface area (Å²) in [5, 5.41) is 9.38. The molecule has 0 saturated carbocycles. The van der Waals surface area contributed by atoms with Crippen LogP contribution in [0.15, 0.2) is 60.7 Å². The van der Waals surface area contributed by atoms with Crippen molar-refractivity contribution in [1.29, 1.82) is 0 Å². The van der Waals surface area contributed by atoms with Gasteiger partial charge in [0.2, 0.25) is 0 Å². The molecule has 1 aliphatic rings. The van der Waals surface area contributed by atoms with Crippen LogP contribution in [-0.4, -0.2) is 35.7 Å². The highest BCUT2D eigenvalue weighted by Gasteiger charge is 2.28. The Bertz CT molecular complexity index is 1180. The van der Waals surface area contributed by atoms with E-state index in [1.165, 1.54) is 13.2 Å². The highest BCUT2D eigenvalue weighted by atomic mass is 19.1. The van der Waals surface area contributed by atoms with E-state index in [-0.39, 0.29) is 25.4 Å². The summed E-state index contributed by atoms with van der Waals surface area (Å²) < 4.78 is 25.7. The van der Waals surface area contributed by atoms with Gasteiger partial charge in [0.25, 0.3) is 0 Å². The Morgan fingerprint density at radius 3 is 2.55 bits per heavy atom. The van der Waals surface area contributed by atoms with Gasteiger partial charge in [-0.25, -0.2) is 9.18 Å². The summed E-state index contributed by atoms with van der Waals surface area (Å²) in [7, 11) is 1.51. The molecule has 0 aromatic heterocycles. The number of carboxylic acids is 1. The smallest absolute Gasteiger partial charge is 0.410 e. The number of benzene rings is 3. The fourth-order valence-electron chi connectivity index (χ4n) is 4.20. The maximum atomic E-state index is 14.7. The third-order valence-corrected chi connectivity index (χ3v) is 5.76. The number of carboxylic acid groups (broad SMARTS) is 1. The maximum absolute atomic E-state index is 14.7. The van der Waals surface area contributed by atoms with Gasteiger partial charge in [-0.05, 0) is 46.4 Å². The molecule has 1 heterocycles. The molecule has 0 saturated heterocycles. The van der Waals surface area contributed by atoms with Gasteiger partial charge in [0.15, 0.2) is 0 Å². The first-order valence-corrected chi connectivity index (χ1v) is 10.6. The van der Waals surface area contributed by atoms with Crippen molar-refractivity contribution in [1.82, 2.24) is 4.90 Å². The maximum Gasteiger partial charge on any atom is 0.410 e. The summed E-state index contributed by atoms with van der Waals surface area (Å²) in [6.07, 6.45) is -0.356. The Hall–Kier alpha value is -3.87. The van der Waals surface area contributed by atoms with Crippen molar-refractivity contribution in [2.45, 2.75) is 26.0 Å². The van der Waals surface area contributed by atoms with E-state index >= 15 is 0 Å². The number of ether oxygens (including phenoxy) is 2. The molecule has 7 heteroatoms. The van der Waals surface area contributed by atoms with E-state index in [0.717, 1.165) is 5.56 Å². The summed E-state index contributed by atoms with van der Waals surface area (Å²) in [6.45, 7) is 0.629. The van der Waals surface area contributed by atoms with Crippen LogP contribution in [0.1, 0.15) is 22.3 Å². The summed E-state index contributed by atoms with van der Waals surface area (Å²) in [5.74, 6) is -0.835. The number of rotatable bonds is 6. The van der Waals surface area contributed by atoms with Crippen LogP contribution >= 0.6 is 0 Å². The number of carbonyl (C=O) groups is 2. The Morgan fingerprint density at radius 2 is 1.82 bits per heavy atom. The Kier molecular flexibility index (Phi) is 6.58. The second kappa shape index (κ2) is 9.73. The molecule has 1 amide bonds. The van der Waals surface area contributed by atoms with Crippen LogP contribution in [0.3, 0.4) is 0 Å². The Labute approximate surface area is 191 Å². The molecule has 0 atom stereocenters. The average Bonchev–Trinajstić information content (AvgIpc) is 2.83. The highest BCUT2D eigenvalue weighted by Crippen LogP contribution is 2.39. The molecule has 0 bridgehead atoms. The molecule has 4 rings (SSSR count). The normalized spacial score (nSPS) is 12.7. The third-order valence-electron chi connectivity index (χ3n) is 5.76. The number of hydrogen-bond donors (Lipinski definition) is 1. The van der Waals surface area contributed by atoms with Crippen molar-refractivity contribution in [2.24, 2.45) is 0 Å². The highest BCUT2D eigenvalue weighted by molar-refractivity contribution is 5.82. The largest absolute Gasteiger partial charge is 0.496 e. The summed E-state index contributed by atoms with van der Waals surface area (Å²) >= 11 is 0. The predicted molar refractivity (Wildman–Crippen MR) is 120 cm³/mol. The monoisotopic (exact) mass is 449 g/mol. The molecular weight excluding hydrogens is 425 g/mol. The molecule has 0 unspecified atom stereocenters. The molecule has 1 N–H and O–H groups in total. The number of hydrogen-bond acceptors (Lipinski definition) is 4. The van der Waals surface area contributed by atoms with Gasteiger partial charge in [-0.3, -0.25) is 4.79 Å². The Morgan fingerprint density at radius 1 is 1.03 bits per heavy atom. The number of methoxy groups -OCH3 is 1. The number of halogens is 1. The summed E-state index contributed by atoms with van der Waals surface area (Å²) in [4.78, 5) is 25.8. The summed E-state index contributed by atoms with van der Waals surface area (Å²) in [6, 6.07) is 17.6. The molecule has 3 aromatic carbocycles. The fraction of sp³-hybridized carbons (Fsp3) is 0.231. The van der Waals surface area contributed by atoms with Crippen molar-refractivity contribution in [3.8, 4) is 16.9 Å². The van der Waals surface area contributed by atoms with E-state index in [1.54, 1.807) is 29.2 Å². The molecule has 33 heavy (non-hydrogen) atoms. The van der Waals surface area contributed by atoms with Crippen LogP contribution < -0.4 is 4.74 Å². The molecule has 1 aliphatic heterocycles. The lowest BCUT2D eigenvalue weighted by Crippen LogP contribution is -2.37. The quantitative estimate of drug-likeness (QED) is 0.584. The standard InChI is InChI=1S/C26H24FNO5/c1-32-23-9-5-8-18(14-24(29)30)25(23)20-10-11-22(27)19-12-13-28(15-21(19)20)26(31)33-16-17-6-3-2-4-7-17/h2-11H,12-16H2,1H3,(H,29,30). The van der Waals surface area contributed by atoms with Gasteiger partial charge in [-0.1, -0.05) is 48.5 Å². The van der Waals surface area contributed by atoms with Crippen molar-refractivity contribution in [3.05, 3.63) is 88.7 Å². The van der Waals surface area contributed by atoms with Gasteiger partial charge in [0, 0.05) is 18.7 Å². The second-order valence-corrected chi connectivity index (χ2v) is 7.83. The van der Waals surface area contributed by atoms with Crippen molar-refractivity contribution >= 4 is 12.1 Å². The van der Waals surface area contributed by atoms with Gasteiger partial charge in [-0.2, -0.15) is 0 Å². The first-order valence-electron chi connectivity index (χ1n) is 10.6. The van der Waals surface area contributed by atoms with Gasteiger partial charge in [0.1, 0.15) is 18.2 Å². The molecular formula is C26H24FNO5. The van der Waals surface area contributed by atoms with E-state index in [2.05, 4.69) is 0 Å². The van der Waals surface area contributed by atoms with Crippen LogP contribution in [0.5, 0.6) is 5.75 Å². The SMILES string of the molecule is COc1cccc(CC(=O)O)c1-c1ccc(F)c2c1CN(C(=O)OCc1ccccc1)CC2. The lowest BCUT2D eigenvalue weighted by Gasteiger charge is -2.30. The molecule has 0 spiro atoms. The van der Waals surface area contributed by atoms with Crippen LogP contribution in [0, 0.1) is 5.82 Å². The van der Waals surface area contributed by atoms with E-state index in [1.807, 2.05) is 30.3 Å². The van der Waals surface area contributed by atoms with Crippen LogP contribution in [-0.2, 0) is 35.5 Å². The first-order chi connectivity index (χ1) is 16.0. The van der Waals surface area contributed by atoms with Gasteiger partial charge in [-0.15, -0.1) is 0 Å². The summed E-state index contributed by atoms with van der Waals surface area (Å²) in [5.41, 5.74) is 3.83. The zero-order valence-electron chi connectivity index (χ0n) is 18.2. The number of carbonyl (C=O) groups excluding carboxylic acids is 1. The number of nitrogens with zero attached hydrogens (tertiary/aromatic N) is 1. The van der Waals surface area contributed by atoms with Gasteiger partial charge < -0.3 is 19.5 Å². The van der Waals surface area contributed by atoms with Gasteiger partial charge >= 0.3 is 12.1 Å². The Balaban J connectivity index is 1.67. The van der Waals surface area contributed by atoms with Crippen molar-refractivity contribution < 1.29 is 28.6 Å². The van der Waals surface area contributed by atoms with E-state index in [9.17, 15) is 19.1 Å². The lowest BCUT2D eigenvalue weighted by molar-refractivity contribution is -0.136. The molecule has 0 radical (unpaired) electrons. The van der Waals surface area contributed by atoms with Crippen LogP contribution in [0.2, 0.25) is 0 Å². The zero-order chi connectivity index (χ0) is 23.4. The molecule has 6 nitrogen and oxygen atoms in total. The van der Waals surface area contributed by atoms with E-state index in [0.29, 0.717) is 46.5 Å². The third kappa shape index (κ3) is 4.82. The van der Waals surface area contributed by atoms with Gasteiger partial charge in [0.05, 0.1) is 13.5 Å². The van der Waals surface area contributed by atoms with Crippen molar-refractivity contribution in [3.63, 3.8) is 0 Å². The van der Waals surface area contributed by atoms with E-state index < -0.39 is 12.1 Å². The minimum Gasteiger partial charge on any atom is -0.496 e. The predicted octanol–water partition coefficient (Wildman–Crippen LogP) is 4.82. The van der Waals surface area contributed by atoms with Crippen LogP contribution in [0.4, 0.5) is 9.18 Å². The van der Waals surface area contributed by atoms with E-state index in [4.69, 9.17) is 9.47 Å². The topological polar surface area (TPSA) is 76.1 Å². The molecule has 3 aromatic rings. The second-order valence-electron chi connectivity index (χ2n) is 7.83. The first kappa shape index (κ1) is 22.3. The van der Waals surface area contributed by atoms with Crippen LogP contribution in [0.25, 0.3) is 11.1 Å². The minimum absolute atomic E-state index is 0.147. The molecule has 0 fully saturated rings. The van der Waals surface area contributed by atoms with Crippen molar-refractivity contribution in [2.75, 3.05) is 13.7 Å². The fourth-order valence-corrected chi connectivity index (χ4v) is 4.20. The molecule has 0 aliphatic carbocycles. The zero-order valence-corrected chi connectivity index (χ0v) is 18.2.